The molecule has 0 bridgehead atoms. The molecule has 0 radical (unpaired) electrons. The molecule has 0 aliphatic heterocycles. The standard InChI is InChI=1S/C13H18ClN3OS/c1-9-7-10(17-12(14)16-9)11(18)15-8-13(19-2)5-3-4-6-13/h7H,3-6,8H2,1-2H3,(H,15,18). The van der Waals surface area contributed by atoms with Crippen molar-refractivity contribution in [1.29, 1.82) is 0 Å². The first-order chi connectivity index (χ1) is 9.04. The average molecular weight is 300 g/mol. The van der Waals surface area contributed by atoms with Gasteiger partial charge in [-0.3, -0.25) is 4.79 Å². The van der Waals surface area contributed by atoms with E-state index in [1.165, 1.54) is 12.8 Å². The molecule has 0 saturated heterocycles. The number of nitrogens with one attached hydrogen (secondary N) is 1. The number of carbonyl (C=O) groups excluding carboxylic acids is 1. The Balaban J connectivity index is 2.01. The Morgan fingerprint density at radius 3 is 2.74 bits per heavy atom. The van der Waals surface area contributed by atoms with Crippen LogP contribution in [0.4, 0.5) is 0 Å². The highest BCUT2D eigenvalue weighted by molar-refractivity contribution is 8.00. The fraction of sp³-hybridized carbons (Fsp3) is 0.615. The van der Waals surface area contributed by atoms with E-state index >= 15 is 0 Å². The van der Waals surface area contributed by atoms with Crippen molar-refractivity contribution in [2.75, 3.05) is 12.8 Å². The minimum absolute atomic E-state index is 0.116. The van der Waals surface area contributed by atoms with Crippen molar-refractivity contribution in [3.05, 3.63) is 22.7 Å². The van der Waals surface area contributed by atoms with Crippen molar-refractivity contribution >= 4 is 29.3 Å². The Labute approximate surface area is 122 Å². The molecule has 0 unspecified atom stereocenters. The lowest BCUT2D eigenvalue weighted by atomic mass is 10.1. The van der Waals surface area contributed by atoms with E-state index in [2.05, 4.69) is 21.5 Å². The number of nitrogens with zero attached hydrogens (tertiary/aromatic N) is 2. The molecule has 2 rings (SSSR count). The molecule has 1 N–H and O–H groups in total. The second-order valence-electron chi connectivity index (χ2n) is 4.94. The van der Waals surface area contributed by atoms with Crippen molar-refractivity contribution in [3.8, 4) is 0 Å². The Hall–Kier alpha value is -0.810. The fourth-order valence-electron chi connectivity index (χ4n) is 2.45. The third kappa shape index (κ3) is 3.60. The third-order valence-electron chi connectivity index (χ3n) is 3.58. The van der Waals surface area contributed by atoms with Crippen molar-refractivity contribution in [1.82, 2.24) is 15.3 Å². The molecule has 1 saturated carbocycles. The summed E-state index contributed by atoms with van der Waals surface area (Å²) in [6.45, 7) is 2.48. The lowest BCUT2D eigenvalue weighted by molar-refractivity contribution is 0.0944. The summed E-state index contributed by atoms with van der Waals surface area (Å²) in [5, 5.41) is 3.09. The Morgan fingerprint density at radius 1 is 1.47 bits per heavy atom. The minimum Gasteiger partial charge on any atom is -0.349 e. The van der Waals surface area contributed by atoms with Gasteiger partial charge in [-0.25, -0.2) is 9.97 Å². The highest BCUT2D eigenvalue weighted by Gasteiger charge is 2.33. The Bertz CT molecular complexity index is 455. The molecule has 0 spiro atoms. The van der Waals surface area contributed by atoms with E-state index < -0.39 is 0 Å². The maximum Gasteiger partial charge on any atom is 0.270 e. The summed E-state index contributed by atoms with van der Waals surface area (Å²) in [6.07, 6.45) is 6.93. The van der Waals surface area contributed by atoms with Crippen LogP contribution in [-0.4, -0.2) is 33.4 Å². The van der Waals surface area contributed by atoms with E-state index in [-0.39, 0.29) is 15.9 Å². The van der Waals surface area contributed by atoms with Gasteiger partial charge in [-0.15, -0.1) is 0 Å². The van der Waals surface area contributed by atoms with Gasteiger partial charge in [0.2, 0.25) is 5.28 Å². The van der Waals surface area contributed by atoms with Crippen molar-refractivity contribution < 1.29 is 4.79 Å². The highest BCUT2D eigenvalue weighted by atomic mass is 35.5. The number of carbonyl (C=O) groups is 1. The molecule has 104 valence electrons. The molecule has 1 aromatic heterocycles. The largest absolute Gasteiger partial charge is 0.349 e. The van der Waals surface area contributed by atoms with Crippen LogP contribution in [0, 0.1) is 6.92 Å². The molecular weight excluding hydrogens is 282 g/mol. The second-order valence-corrected chi connectivity index (χ2v) is 6.55. The smallest absolute Gasteiger partial charge is 0.270 e. The molecule has 0 atom stereocenters. The number of aryl methyl sites for hydroxylation is 1. The lowest BCUT2D eigenvalue weighted by Gasteiger charge is -2.26. The van der Waals surface area contributed by atoms with E-state index in [1.54, 1.807) is 13.0 Å². The van der Waals surface area contributed by atoms with Gasteiger partial charge in [0.25, 0.3) is 5.91 Å². The number of aromatic nitrogens is 2. The zero-order valence-corrected chi connectivity index (χ0v) is 12.8. The zero-order chi connectivity index (χ0) is 13.9. The van der Waals surface area contributed by atoms with E-state index in [9.17, 15) is 4.79 Å². The number of amides is 1. The van der Waals surface area contributed by atoms with Crippen LogP contribution in [0.25, 0.3) is 0 Å². The summed E-state index contributed by atoms with van der Waals surface area (Å²) in [6, 6.07) is 1.65. The maximum atomic E-state index is 12.1. The van der Waals surface area contributed by atoms with E-state index in [0.717, 1.165) is 12.8 Å². The summed E-state index contributed by atoms with van der Waals surface area (Å²) in [5.41, 5.74) is 1.04. The summed E-state index contributed by atoms with van der Waals surface area (Å²) in [7, 11) is 0. The third-order valence-corrected chi connectivity index (χ3v) is 5.17. The highest BCUT2D eigenvalue weighted by Crippen LogP contribution is 2.39. The van der Waals surface area contributed by atoms with Crippen LogP contribution >= 0.6 is 23.4 Å². The molecule has 19 heavy (non-hydrogen) atoms. The quantitative estimate of drug-likeness (QED) is 0.869. The molecule has 1 aromatic rings. The number of hydrogen-bond donors (Lipinski definition) is 1. The molecule has 1 fully saturated rings. The monoisotopic (exact) mass is 299 g/mol. The number of hydrogen-bond acceptors (Lipinski definition) is 4. The fourth-order valence-corrected chi connectivity index (χ4v) is 3.59. The summed E-state index contributed by atoms with van der Waals surface area (Å²) in [5.74, 6) is -0.173. The predicted molar refractivity (Wildman–Crippen MR) is 78.8 cm³/mol. The SMILES string of the molecule is CSC1(CNC(=O)c2cc(C)nc(Cl)n2)CCCC1. The number of rotatable bonds is 4. The molecule has 1 aliphatic rings. The van der Waals surface area contributed by atoms with Crippen LogP contribution in [0.2, 0.25) is 5.28 Å². The van der Waals surface area contributed by atoms with Crippen LogP contribution in [-0.2, 0) is 0 Å². The van der Waals surface area contributed by atoms with Crippen molar-refractivity contribution in [2.45, 2.75) is 37.4 Å². The normalized spacial score (nSPS) is 17.4. The van der Waals surface area contributed by atoms with Gasteiger partial charge in [-0.2, -0.15) is 11.8 Å². The van der Waals surface area contributed by atoms with Gasteiger partial charge in [0.1, 0.15) is 5.69 Å². The average Bonchev–Trinajstić information content (AvgIpc) is 2.84. The van der Waals surface area contributed by atoms with Crippen molar-refractivity contribution in [2.24, 2.45) is 0 Å². The Kier molecular flexibility index (Phi) is 4.68. The van der Waals surface area contributed by atoms with Crippen LogP contribution in [0.3, 0.4) is 0 Å². The van der Waals surface area contributed by atoms with Crippen LogP contribution < -0.4 is 5.32 Å². The van der Waals surface area contributed by atoms with E-state index in [1.807, 2.05) is 11.8 Å². The first kappa shape index (κ1) is 14.6. The molecule has 6 heteroatoms. The van der Waals surface area contributed by atoms with Gasteiger partial charge < -0.3 is 5.32 Å². The first-order valence-corrected chi connectivity index (χ1v) is 7.99. The van der Waals surface area contributed by atoms with Gasteiger partial charge in [-0.05, 0) is 43.7 Å². The summed E-state index contributed by atoms with van der Waals surface area (Å²) >= 11 is 7.62. The number of halogens is 1. The second kappa shape index (κ2) is 6.09. The summed E-state index contributed by atoms with van der Waals surface area (Å²) < 4.78 is 0.196. The lowest BCUT2D eigenvalue weighted by Crippen LogP contribution is -2.38. The van der Waals surface area contributed by atoms with Crippen molar-refractivity contribution in [3.63, 3.8) is 0 Å². The van der Waals surface area contributed by atoms with E-state index in [0.29, 0.717) is 17.9 Å². The van der Waals surface area contributed by atoms with Crippen LogP contribution in [0.1, 0.15) is 41.9 Å². The van der Waals surface area contributed by atoms with Gasteiger partial charge in [0, 0.05) is 17.0 Å². The Morgan fingerprint density at radius 2 is 2.16 bits per heavy atom. The number of thioether (sulfide) groups is 1. The molecular formula is C13H18ClN3OS. The van der Waals surface area contributed by atoms with Gasteiger partial charge >= 0.3 is 0 Å². The minimum atomic E-state index is -0.173. The molecule has 1 amide bonds. The van der Waals surface area contributed by atoms with Gasteiger partial charge in [0.15, 0.2) is 0 Å². The van der Waals surface area contributed by atoms with Crippen LogP contribution in [0.15, 0.2) is 6.07 Å². The topological polar surface area (TPSA) is 54.9 Å². The first-order valence-electron chi connectivity index (χ1n) is 6.39. The van der Waals surface area contributed by atoms with E-state index in [4.69, 9.17) is 11.6 Å². The maximum absolute atomic E-state index is 12.1. The molecule has 4 nitrogen and oxygen atoms in total. The molecule has 1 aliphatic carbocycles. The zero-order valence-electron chi connectivity index (χ0n) is 11.2. The molecule has 0 aromatic carbocycles. The predicted octanol–water partition coefficient (Wildman–Crippen LogP) is 2.84. The summed E-state index contributed by atoms with van der Waals surface area (Å²) in [4.78, 5) is 20.0. The molecule has 1 heterocycles. The van der Waals surface area contributed by atoms with Gasteiger partial charge in [0.05, 0.1) is 0 Å². The van der Waals surface area contributed by atoms with Crippen LogP contribution in [0.5, 0.6) is 0 Å². The van der Waals surface area contributed by atoms with Gasteiger partial charge in [-0.1, -0.05) is 12.8 Å².